The van der Waals surface area contributed by atoms with Crippen molar-refractivity contribution >= 4 is 69.7 Å². The molecule has 3 aliphatic rings. The Labute approximate surface area is 277 Å². The number of aliphatic imine (C=N–C) groups is 1. The van der Waals surface area contributed by atoms with Crippen LogP contribution in [0.4, 0.5) is 11.4 Å². The number of aryl methyl sites for hydroxylation is 1. The molecule has 2 amide bonds. The number of hydrogen-bond donors (Lipinski definition) is 5. The molecule has 4 heterocycles. The van der Waals surface area contributed by atoms with E-state index in [9.17, 15) is 19.2 Å². The number of para-hydroxylation sites is 1. The van der Waals surface area contributed by atoms with Gasteiger partial charge in [-0.05, 0) is 98.7 Å². The lowest BCUT2D eigenvalue weighted by Crippen LogP contribution is -2.06. The Balaban J connectivity index is 0.000000185. The van der Waals surface area contributed by atoms with Gasteiger partial charge >= 0.3 is 11.9 Å². The molecule has 0 saturated carbocycles. The summed E-state index contributed by atoms with van der Waals surface area (Å²) in [6, 6.07) is 11.1. The summed E-state index contributed by atoms with van der Waals surface area (Å²) in [6.45, 7) is 7.69. The summed E-state index contributed by atoms with van der Waals surface area (Å²) >= 11 is 6.18. The molecule has 0 bridgehead atoms. The number of nitrogens with one attached hydrogen (secondary N) is 3. The van der Waals surface area contributed by atoms with Crippen molar-refractivity contribution in [2.45, 2.75) is 59.4 Å². The molecule has 0 radical (unpaired) electrons. The van der Waals surface area contributed by atoms with Crippen LogP contribution in [0, 0.1) is 13.8 Å². The average molecular weight is 655 g/mol. The Morgan fingerprint density at radius 2 is 1.53 bits per heavy atom. The van der Waals surface area contributed by atoms with Gasteiger partial charge < -0.3 is 25.8 Å². The van der Waals surface area contributed by atoms with Crippen molar-refractivity contribution in [1.82, 2.24) is 4.98 Å². The van der Waals surface area contributed by atoms with Crippen LogP contribution in [0.5, 0.6) is 0 Å². The van der Waals surface area contributed by atoms with Gasteiger partial charge in [0.2, 0.25) is 0 Å². The monoisotopic (exact) mass is 654 g/mol. The molecule has 3 aliphatic heterocycles. The first-order valence-electron chi connectivity index (χ1n) is 15.2. The van der Waals surface area contributed by atoms with Gasteiger partial charge in [0.1, 0.15) is 0 Å². The van der Waals surface area contributed by atoms with E-state index in [-0.39, 0.29) is 30.7 Å². The summed E-state index contributed by atoms with van der Waals surface area (Å²) < 4.78 is 0. The summed E-state index contributed by atoms with van der Waals surface area (Å²) in [5.74, 6) is -1.94. The Hall–Kier alpha value is -5.22. The number of aromatic amines is 1. The van der Waals surface area contributed by atoms with Gasteiger partial charge in [0.25, 0.3) is 11.8 Å². The number of amides is 2. The number of anilines is 2. The molecule has 6 rings (SSSR count). The van der Waals surface area contributed by atoms with E-state index in [4.69, 9.17) is 21.8 Å². The lowest BCUT2D eigenvalue weighted by Gasteiger charge is -2.06. The maximum absolute atomic E-state index is 12.3. The minimum Gasteiger partial charge on any atom is -0.481 e. The fourth-order valence-electron chi connectivity index (χ4n) is 5.99. The summed E-state index contributed by atoms with van der Waals surface area (Å²) in [5.41, 5.74) is 10.7. The van der Waals surface area contributed by atoms with Crippen molar-refractivity contribution in [1.29, 1.82) is 0 Å². The smallest absolute Gasteiger partial charge is 0.303 e. The second-order valence-corrected chi connectivity index (χ2v) is 12.1. The predicted molar refractivity (Wildman–Crippen MR) is 184 cm³/mol. The van der Waals surface area contributed by atoms with Gasteiger partial charge in [0.15, 0.2) is 0 Å². The van der Waals surface area contributed by atoms with E-state index in [0.29, 0.717) is 29.0 Å². The normalized spacial score (nSPS) is 18.1. The highest BCUT2D eigenvalue weighted by Crippen LogP contribution is 2.39. The lowest BCUT2D eigenvalue weighted by molar-refractivity contribution is -0.138. The standard InChI is InChI=1S/C18H17ClN2O3.C18H18N2O3/c1-9-11(3-6-16(22)23)8-20-15(9)7-12-17-10(2)13(19)4-5-14(17)21-18(12)24;1-10-12(7-8-17(21)22)11(2)19-16(10)9-14-13-5-3-4-6-15(13)20-18(14)23/h4-5,7-8,20H,3,6H2,1-2H3,(H,21,24)(H,22,23);3-6,9,11H,7-8H2,1-2H3,(H,20,23)(H,21,22). The van der Waals surface area contributed by atoms with E-state index >= 15 is 0 Å². The third-order valence-electron chi connectivity index (χ3n) is 8.65. The van der Waals surface area contributed by atoms with Crippen molar-refractivity contribution in [3.63, 3.8) is 0 Å². The molecule has 1 atom stereocenters. The highest BCUT2D eigenvalue weighted by Gasteiger charge is 2.28. The first-order chi connectivity index (χ1) is 22.3. The molecule has 0 fully saturated rings. The van der Waals surface area contributed by atoms with Gasteiger partial charge in [-0.3, -0.25) is 24.2 Å². The zero-order valence-electron chi connectivity index (χ0n) is 26.5. The molecule has 1 aromatic heterocycles. The fourth-order valence-corrected chi connectivity index (χ4v) is 6.15. The van der Waals surface area contributed by atoms with Gasteiger partial charge in [-0.1, -0.05) is 29.8 Å². The number of fused-ring (bicyclic) bond motifs is 2. The van der Waals surface area contributed by atoms with E-state index in [1.165, 1.54) is 0 Å². The van der Waals surface area contributed by atoms with E-state index < -0.39 is 11.9 Å². The Bertz CT molecular complexity index is 1950. The molecule has 3 aromatic rings. The van der Waals surface area contributed by atoms with Gasteiger partial charge in [0.05, 0.1) is 22.9 Å². The van der Waals surface area contributed by atoms with Crippen molar-refractivity contribution in [3.05, 3.63) is 98.4 Å². The minimum absolute atomic E-state index is 0.0408. The number of carboxylic acids is 2. The molecular formula is C36H35ClN4O6. The quantitative estimate of drug-likeness (QED) is 0.167. The molecule has 2 aromatic carbocycles. The molecule has 5 N–H and O–H groups in total. The summed E-state index contributed by atoms with van der Waals surface area (Å²) in [6.07, 6.45) is 6.51. The number of rotatable bonds is 8. The van der Waals surface area contributed by atoms with Crippen LogP contribution in [-0.4, -0.2) is 50.7 Å². The van der Waals surface area contributed by atoms with Crippen LogP contribution < -0.4 is 10.6 Å². The molecule has 0 saturated heterocycles. The third kappa shape index (κ3) is 6.97. The Morgan fingerprint density at radius 3 is 2.26 bits per heavy atom. The number of halogens is 1. The largest absolute Gasteiger partial charge is 0.481 e. The molecule has 47 heavy (non-hydrogen) atoms. The maximum atomic E-state index is 12.3. The number of nitrogens with zero attached hydrogens (tertiary/aromatic N) is 1. The second-order valence-electron chi connectivity index (χ2n) is 11.6. The van der Waals surface area contributed by atoms with E-state index in [1.54, 1.807) is 30.5 Å². The number of aliphatic carboxylic acids is 2. The zero-order valence-corrected chi connectivity index (χ0v) is 27.2. The third-order valence-corrected chi connectivity index (χ3v) is 9.06. The van der Waals surface area contributed by atoms with Gasteiger partial charge in [0, 0.05) is 52.3 Å². The van der Waals surface area contributed by atoms with Crippen molar-refractivity contribution in [2.24, 2.45) is 4.99 Å². The van der Waals surface area contributed by atoms with Crippen LogP contribution in [0.2, 0.25) is 5.02 Å². The van der Waals surface area contributed by atoms with Crippen LogP contribution in [0.25, 0.3) is 17.2 Å². The molecule has 11 heteroatoms. The molecular weight excluding hydrogens is 620 g/mol. The molecule has 1 unspecified atom stereocenters. The first kappa shape index (κ1) is 33.2. The maximum Gasteiger partial charge on any atom is 0.303 e. The zero-order chi connectivity index (χ0) is 34.0. The Kier molecular flexibility index (Phi) is 9.62. The highest BCUT2D eigenvalue weighted by molar-refractivity contribution is 6.38. The van der Waals surface area contributed by atoms with Crippen LogP contribution in [0.1, 0.15) is 66.6 Å². The molecule has 0 aliphatic carbocycles. The van der Waals surface area contributed by atoms with Gasteiger partial charge in [-0.25, -0.2) is 0 Å². The number of carbonyl (C=O) groups is 4. The van der Waals surface area contributed by atoms with Crippen LogP contribution >= 0.6 is 11.6 Å². The number of benzene rings is 2. The Morgan fingerprint density at radius 1 is 0.872 bits per heavy atom. The topological polar surface area (TPSA) is 161 Å². The number of aromatic nitrogens is 1. The lowest BCUT2D eigenvalue weighted by atomic mass is 9.97. The first-order valence-corrected chi connectivity index (χ1v) is 15.6. The highest BCUT2D eigenvalue weighted by atomic mass is 35.5. The fraction of sp³-hybridized carbons (Fsp3) is 0.250. The van der Waals surface area contributed by atoms with Gasteiger partial charge in [-0.15, -0.1) is 0 Å². The molecule has 10 nitrogen and oxygen atoms in total. The number of H-pyrrole nitrogens is 1. The number of carboxylic acid groups (broad SMARTS) is 2. The number of hydrogen-bond acceptors (Lipinski definition) is 5. The second kappa shape index (κ2) is 13.6. The summed E-state index contributed by atoms with van der Waals surface area (Å²) in [4.78, 5) is 53.7. The van der Waals surface area contributed by atoms with Crippen molar-refractivity contribution in [2.75, 3.05) is 10.6 Å². The van der Waals surface area contributed by atoms with E-state index in [1.807, 2.05) is 52.0 Å². The predicted octanol–water partition coefficient (Wildman–Crippen LogP) is 6.84. The number of allylic oxidation sites excluding steroid dienone is 2. The summed E-state index contributed by atoms with van der Waals surface area (Å²) in [7, 11) is 0. The van der Waals surface area contributed by atoms with E-state index in [0.717, 1.165) is 61.7 Å². The molecule has 242 valence electrons. The minimum atomic E-state index is -0.829. The van der Waals surface area contributed by atoms with Crippen LogP contribution in [0.3, 0.4) is 0 Å². The van der Waals surface area contributed by atoms with Crippen molar-refractivity contribution in [3.8, 4) is 0 Å². The van der Waals surface area contributed by atoms with E-state index in [2.05, 4.69) is 20.6 Å². The van der Waals surface area contributed by atoms with Crippen LogP contribution in [-0.2, 0) is 25.6 Å². The average Bonchev–Trinajstić information content (AvgIpc) is 3.72. The van der Waals surface area contributed by atoms with Crippen LogP contribution in [0.15, 0.2) is 64.8 Å². The molecule has 0 spiro atoms. The number of carbonyl (C=O) groups excluding carboxylic acids is 2. The van der Waals surface area contributed by atoms with Gasteiger partial charge in [-0.2, -0.15) is 0 Å². The van der Waals surface area contributed by atoms with Crippen molar-refractivity contribution < 1.29 is 29.4 Å². The SMILES string of the molecule is CC1=C(CCC(=O)O)C(C)N=C1C=C1C(=O)Nc2ccccc21.Cc1c(CCC(=O)O)c[nH]c1C=C1C(=O)Nc2ccc(Cl)c(C)c21. The summed E-state index contributed by atoms with van der Waals surface area (Å²) in [5, 5.41) is 24.0.